The van der Waals surface area contributed by atoms with E-state index in [4.69, 9.17) is 4.74 Å². The molecule has 0 aliphatic carbocycles. The van der Waals surface area contributed by atoms with Crippen LogP contribution in [0.5, 0.6) is 5.75 Å². The predicted octanol–water partition coefficient (Wildman–Crippen LogP) is 1.77. The molecular weight excluding hydrogens is 304 g/mol. The first-order chi connectivity index (χ1) is 10.3. The van der Waals surface area contributed by atoms with Crippen molar-refractivity contribution in [2.45, 2.75) is 33.2 Å². The fraction of sp³-hybridized carbons (Fsp3) is 0.533. The van der Waals surface area contributed by atoms with Gasteiger partial charge < -0.3 is 10.1 Å². The Hall–Kier alpha value is -1.76. The summed E-state index contributed by atoms with van der Waals surface area (Å²) in [6.07, 6.45) is 2.03. The first-order valence-corrected chi connectivity index (χ1v) is 9.12. The smallest absolute Gasteiger partial charge is 0.258 e. The van der Waals surface area contributed by atoms with Crippen LogP contribution in [0.3, 0.4) is 0 Å². The Labute approximate surface area is 132 Å². The van der Waals surface area contributed by atoms with Gasteiger partial charge >= 0.3 is 0 Å². The summed E-state index contributed by atoms with van der Waals surface area (Å²) in [6.45, 7) is 5.98. The van der Waals surface area contributed by atoms with Crippen LogP contribution >= 0.6 is 0 Å². The van der Waals surface area contributed by atoms with Crippen molar-refractivity contribution in [1.29, 1.82) is 0 Å². The van der Waals surface area contributed by atoms with Gasteiger partial charge in [0.2, 0.25) is 10.0 Å². The normalized spacial score (nSPS) is 12.5. The van der Waals surface area contributed by atoms with Gasteiger partial charge in [-0.25, -0.2) is 8.42 Å². The maximum absolute atomic E-state index is 11.6. The average molecular weight is 328 g/mol. The third-order valence-corrected chi connectivity index (χ3v) is 4.47. The van der Waals surface area contributed by atoms with Gasteiger partial charge in [0.05, 0.1) is 11.9 Å². The van der Waals surface area contributed by atoms with E-state index in [0.717, 1.165) is 6.42 Å². The molecule has 0 aliphatic rings. The highest BCUT2D eigenvalue weighted by Gasteiger charge is 2.15. The van der Waals surface area contributed by atoms with E-state index in [1.54, 1.807) is 31.2 Å². The predicted molar refractivity (Wildman–Crippen MR) is 87.7 cm³/mol. The number of rotatable bonds is 8. The van der Waals surface area contributed by atoms with Gasteiger partial charge in [-0.2, -0.15) is 0 Å². The zero-order valence-corrected chi connectivity index (χ0v) is 14.3. The van der Waals surface area contributed by atoms with Gasteiger partial charge in [-0.15, -0.1) is 0 Å². The first kappa shape index (κ1) is 18.3. The van der Waals surface area contributed by atoms with E-state index in [2.05, 4.69) is 5.32 Å². The highest BCUT2D eigenvalue weighted by atomic mass is 32.2. The molecule has 0 saturated carbocycles. The number of nitrogens with one attached hydrogen (secondary N) is 1. The van der Waals surface area contributed by atoms with Crippen LogP contribution in [-0.4, -0.2) is 39.8 Å². The van der Waals surface area contributed by atoms with E-state index < -0.39 is 10.0 Å². The Kier molecular flexibility index (Phi) is 6.67. The number of ether oxygens (including phenoxy) is 1. The molecule has 1 rings (SSSR count). The summed E-state index contributed by atoms with van der Waals surface area (Å²) in [5.74, 6) is 0.345. The molecule has 0 heterocycles. The molecule has 1 N–H and O–H groups in total. The Morgan fingerprint density at radius 3 is 2.32 bits per heavy atom. The number of benzene rings is 1. The van der Waals surface area contributed by atoms with Gasteiger partial charge in [-0.3, -0.25) is 9.10 Å². The molecule has 0 saturated heterocycles. The van der Waals surface area contributed by atoms with Crippen LogP contribution in [0.15, 0.2) is 24.3 Å². The molecule has 22 heavy (non-hydrogen) atoms. The molecule has 0 radical (unpaired) electrons. The molecule has 1 amide bonds. The largest absolute Gasteiger partial charge is 0.484 e. The summed E-state index contributed by atoms with van der Waals surface area (Å²) in [5.41, 5.74) is 0.571. The van der Waals surface area contributed by atoms with Gasteiger partial charge in [0.15, 0.2) is 6.61 Å². The summed E-state index contributed by atoms with van der Waals surface area (Å²) >= 11 is 0. The average Bonchev–Trinajstić information content (AvgIpc) is 2.45. The fourth-order valence-electron chi connectivity index (χ4n) is 1.88. The van der Waals surface area contributed by atoms with E-state index in [1.807, 2.05) is 13.8 Å². The maximum atomic E-state index is 11.6. The topological polar surface area (TPSA) is 75.7 Å². The quantitative estimate of drug-likeness (QED) is 0.789. The van der Waals surface area contributed by atoms with Crippen molar-refractivity contribution in [3.8, 4) is 5.75 Å². The van der Waals surface area contributed by atoms with Crippen molar-refractivity contribution in [2.24, 2.45) is 0 Å². The number of hydrogen-bond acceptors (Lipinski definition) is 4. The van der Waals surface area contributed by atoms with Crippen molar-refractivity contribution in [2.75, 3.05) is 23.7 Å². The molecule has 1 aromatic carbocycles. The number of hydrogen-bond donors (Lipinski definition) is 1. The van der Waals surface area contributed by atoms with Crippen molar-refractivity contribution >= 4 is 21.6 Å². The molecule has 0 unspecified atom stereocenters. The van der Waals surface area contributed by atoms with Crippen LogP contribution < -0.4 is 14.4 Å². The van der Waals surface area contributed by atoms with Crippen LogP contribution in [0.4, 0.5) is 5.69 Å². The summed E-state index contributed by atoms with van der Waals surface area (Å²) in [6, 6.07) is 6.74. The van der Waals surface area contributed by atoms with Crippen molar-refractivity contribution < 1.29 is 17.9 Å². The second kappa shape index (κ2) is 8.03. The van der Waals surface area contributed by atoms with Crippen LogP contribution in [-0.2, 0) is 14.8 Å². The van der Waals surface area contributed by atoms with E-state index in [0.29, 0.717) is 18.0 Å². The van der Waals surface area contributed by atoms with Gasteiger partial charge in [0, 0.05) is 12.6 Å². The van der Waals surface area contributed by atoms with Crippen molar-refractivity contribution in [3.05, 3.63) is 24.3 Å². The van der Waals surface area contributed by atoms with Crippen molar-refractivity contribution in [3.63, 3.8) is 0 Å². The summed E-state index contributed by atoms with van der Waals surface area (Å²) in [7, 11) is -3.29. The minimum atomic E-state index is -3.29. The number of nitrogens with zero attached hydrogens (tertiary/aromatic N) is 1. The zero-order chi connectivity index (χ0) is 16.8. The van der Waals surface area contributed by atoms with E-state index in [1.165, 1.54) is 10.6 Å². The number of carbonyl (C=O) groups is 1. The number of anilines is 1. The molecule has 7 heteroatoms. The Balaban J connectivity index is 2.64. The fourth-order valence-corrected chi connectivity index (χ4v) is 2.86. The SMILES string of the molecule is CC[C@H](C)NC(=O)COc1ccc(N(CC)S(C)(=O)=O)cc1. The summed E-state index contributed by atoms with van der Waals surface area (Å²) in [5, 5.41) is 2.81. The molecule has 1 atom stereocenters. The van der Waals surface area contributed by atoms with Crippen LogP contribution in [0.25, 0.3) is 0 Å². The van der Waals surface area contributed by atoms with Crippen LogP contribution in [0.1, 0.15) is 27.2 Å². The molecule has 0 aromatic heterocycles. The highest BCUT2D eigenvalue weighted by molar-refractivity contribution is 7.92. The molecule has 0 bridgehead atoms. The van der Waals surface area contributed by atoms with Crippen LogP contribution in [0, 0.1) is 0 Å². The third-order valence-electron chi connectivity index (χ3n) is 3.20. The van der Waals surface area contributed by atoms with Crippen molar-refractivity contribution in [1.82, 2.24) is 5.32 Å². The van der Waals surface area contributed by atoms with Gasteiger partial charge in [0.1, 0.15) is 5.75 Å². The number of sulfonamides is 1. The second-order valence-corrected chi connectivity index (χ2v) is 6.99. The number of carbonyl (C=O) groups excluding carboxylic acids is 1. The minimum Gasteiger partial charge on any atom is -0.484 e. The summed E-state index contributed by atoms with van der Waals surface area (Å²) in [4.78, 5) is 11.6. The highest BCUT2D eigenvalue weighted by Crippen LogP contribution is 2.21. The summed E-state index contributed by atoms with van der Waals surface area (Å²) < 4.78 is 30.0. The Bertz CT molecular complexity index is 584. The Morgan fingerprint density at radius 2 is 1.86 bits per heavy atom. The van der Waals surface area contributed by atoms with Gasteiger partial charge in [0.25, 0.3) is 5.91 Å². The lowest BCUT2D eigenvalue weighted by atomic mass is 10.2. The monoisotopic (exact) mass is 328 g/mol. The molecular formula is C15H24N2O4S. The van der Waals surface area contributed by atoms with Gasteiger partial charge in [-0.05, 0) is 44.5 Å². The molecule has 0 aliphatic heterocycles. The first-order valence-electron chi connectivity index (χ1n) is 7.27. The lowest BCUT2D eigenvalue weighted by molar-refractivity contribution is -0.123. The Morgan fingerprint density at radius 1 is 1.27 bits per heavy atom. The van der Waals surface area contributed by atoms with E-state index in [-0.39, 0.29) is 18.6 Å². The van der Waals surface area contributed by atoms with Crippen LogP contribution in [0.2, 0.25) is 0 Å². The molecule has 6 nitrogen and oxygen atoms in total. The molecule has 0 fully saturated rings. The molecule has 0 spiro atoms. The zero-order valence-electron chi connectivity index (χ0n) is 13.5. The lowest BCUT2D eigenvalue weighted by Crippen LogP contribution is -2.35. The lowest BCUT2D eigenvalue weighted by Gasteiger charge is -2.20. The van der Waals surface area contributed by atoms with E-state index >= 15 is 0 Å². The minimum absolute atomic E-state index is 0.0622. The van der Waals surface area contributed by atoms with Gasteiger partial charge in [-0.1, -0.05) is 6.92 Å². The second-order valence-electron chi connectivity index (χ2n) is 5.09. The molecule has 124 valence electrons. The number of amides is 1. The maximum Gasteiger partial charge on any atom is 0.258 e. The van der Waals surface area contributed by atoms with E-state index in [9.17, 15) is 13.2 Å². The standard InChI is InChI=1S/C15H24N2O4S/c1-5-12(3)16-15(18)11-21-14-9-7-13(8-10-14)17(6-2)22(4,19)20/h7-10,12H,5-6,11H2,1-4H3,(H,16,18)/t12-/m0/s1. The third kappa shape index (κ3) is 5.55. The molecule has 1 aromatic rings.